The molecule has 4 rings (SSSR count). The molecule has 0 aliphatic heterocycles. The average molecular weight is 300 g/mol. The van der Waals surface area contributed by atoms with Crippen LogP contribution < -0.4 is 0 Å². The first-order valence-electron chi connectivity index (χ1n) is 8.56. The summed E-state index contributed by atoms with van der Waals surface area (Å²) in [6.07, 6.45) is 3.55. The summed E-state index contributed by atoms with van der Waals surface area (Å²) in [6.45, 7) is 9.36. The van der Waals surface area contributed by atoms with E-state index in [0.29, 0.717) is 5.92 Å². The lowest BCUT2D eigenvalue weighted by molar-refractivity contribution is 0.387. The SMILES string of the molecule is CC1=C(C)CC(C(C)(C)C2c3ccccc3-c3ccccc32)=C1. The van der Waals surface area contributed by atoms with Gasteiger partial charge in [-0.3, -0.25) is 0 Å². The molecule has 2 aliphatic rings. The van der Waals surface area contributed by atoms with Gasteiger partial charge in [-0.15, -0.1) is 0 Å². The molecular formula is C23H24. The molecule has 0 spiro atoms. The van der Waals surface area contributed by atoms with Crippen molar-refractivity contribution in [3.05, 3.63) is 82.5 Å². The van der Waals surface area contributed by atoms with E-state index in [4.69, 9.17) is 0 Å². The van der Waals surface area contributed by atoms with Gasteiger partial charge in [0, 0.05) is 5.92 Å². The summed E-state index contributed by atoms with van der Waals surface area (Å²) in [6, 6.07) is 17.9. The highest BCUT2D eigenvalue weighted by molar-refractivity contribution is 5.79. The lowest BCUT2D eigenvalue weighted by atomic mass is 9.68. The summed E-state index contributed by atoms with van der Waals surface area (Å²) >= 11 is 0. The summed E-state index contributed by atoms with van der Waals surface area (Å²) in [4.78, 5) is 0. The Bertz CT molecular complexity index is 800. The first kappa shape index (κ1) is 14.5. The van der Waals surface area contributed by atoms with Crippen LogP contribution in [0.5, 0.6) is 0 Å². The maximum atomic E-state index is 2.43. The van der Waals surface area contributed by atoms with Gasteiger partial charge in [0.25, 0.3) is 0 Å². The predicted molar refractivity (Wildman–Crippen MR) is 98.6 cm³/mol. The second kappa shape index (κ2) is 4.96. The first-order valence-corrected chi connectivity index (χ1v) is 8.56. The number of hydrogen-bond acceptors (Lipinski definition) is 0. The molecule has 0 unspecified atom stereocenters. The van der Waals surface area contributed by atoms with Crippen LogP contribution in [0.25, 0.3) is 11.1 Å². The Balaban J connectivity index is 1.88. The normalized spacial score (nSPS) is 17.3. The van der Waals surface area contributed by atoms with Gasteiger partial charge in [-0.05, 0) is 47.9 Å². The van der Waals surface area contributed by atoms with Gasteiger partial charge in [-0.2, -0.15) is 0 Å². The zero-order valence-electron chi connectivity index (χ0n) is 14.5. The number of fused-ring (bicyclic) bond motifs is 3. The van der Waals surface area contributed by atoms with Gasteiger partial charge in [0.1, 0.15) is 0 Å². The van der Waals surface area contributed by atoms with Crippen LogP contribution in [0.15, 0.2) is 71.3 Å². The van der Waals surface area contributed by atoms with Crippen molar-refractivity contribution in [2.45, 2.75) is 40.0 Å². The van der Waals surface area contributed by atoms with Gasteiger partial charge >= 0.3 is 0 Å². The Labute approximate surface area is 139 Å². The third-order valence-electron chi connectivity index (χ3n) is 5.90. The summed E-state index contributed by atoms with van der Waals surface area (Å²) in [5, 5.41) is 0. The van der Waals surface area contributed by atoms with Crippen LogP contribution in [-0.4, -0.2) is 0 Å². The molecule has 23 heavy (non-hydrogen) atoms. The molecule has 0 amide bonds. The molecule has 0 saturated carbocycles. The van der Waals surface area contributed by atoms with Crippen LogP contribution in [0.4, 0.5) is 0 Å². The molecule has 0 fully saturated rings. The molecule has 0 saturated heterocycles. The smallest absolute Gasteiger partial charge is 0.0190 e. The minimum Gasteiger partial charge on any atom is -0.0663 e. The van der Waals surface area contributed by atoms with Gasteiger partial charge < -0.3 is 0 Å². The van der Waals surface area contributed by atoms with Crippen LogP contribution in [0, 0.1) is 5.41 Å². The highest BCUT2D eigenvalue weighted by Crippen LogP contribution is 2.56. The van der Waals surface area contributed by atoms with E-state index in [-0.39, 0.29) is 5.41 Å². The Hall–Kier alpha value is -2.08. The van der Waals surface area contributed by atoms with Crippen LogP contribution in [0.2, 0.25) is 0 Å². The maximum Gasteiger partial charge on any atom is 0.0190 e. The number of rotatable bonds is 2. The van der Waals surface area contributed by atoms with E-state index in [1.807, 2.05) is 0 Å². The van der Waals surface area contributed by atoms with Gasteiger partial charge in [0.15, 0.2) is 0 Å². The largest absolute Gasteiger partial charge is 0.0663 e. The lowest BCUT2D eigenvalue weighted by Gasteiger charge is -2.35. The molecule has 0 N–H and O–H groups in total. The number of allylic oxidation sites excluding steroid dienone is 4. The second-order valence-corrected chi connectivity index (χ2v) is 7.64. The number of hydrogen-bond donors (Lipinski definition) is 0. The van der Waals surface area contributed by atoms with Gasteiger partial charge in [-0.25, -0.2) is 0 Å². The van der Waals surface area contributed by atoms with Crippen molar-refractivity contribution in [3.8, 4) is 11.1 Å². The second-order valence-electron chi connectivity index (χ2n) is 7.64. The predicted octanol–water partition coefficient (Wildman–Crippen LogP) is 6.49. The standard InChI is InChI=1S/C23H24/c1-15-13-17(14-16(15)2)23(3,4)22-20-11-7-5-9-18(20)19-10-6-8-12-21(19)22/h5-13,22H,14H2,1-4H3. The average Bonchev–Trinajstić information content (AvgIpc) is 3.06. The molecule has 0 bridgehead atoms. The molecule has 0 radical (unpaired) electrons. The van der Waals surface area contributed by atoms with Crippen molar-refractivity contribution >= 4 is 0 Å². The third-order valence-corrected chi connectivity index (χ3v) is 5.90. The van der Waals surface area contributed by atoms with Crippen molar-refractivity contribution in [2.75, 3.05) is 0 Å². The molecule has 2 aromatic carbocycles. The summed E-state index contributed by atoms with van der Waals surface area (Å²) in [5.74, 6) is 0.444. The molecule has 116 valence electrons. The molecule has 2 aliphatic carbocycles. The van der Waals surface area contributed by atoms with E-state index in [9.17, 15) is 0 Å². The monoisotopic (exact) mass is 300 g/mol. The van der Waals surface area contributed by atoms with Crippen molar-refractivity contribution in [1.29, 1.82) is 0 Å². The fraction of sp³-hybridized carbons (Fsp3) is 0.304. The van der Waals surface area contributed by atoms with E-state index < -0.39 is 0 Å². The lowest BCUT2D eigenvalue weighted by Crippen LogP contribution is -2.24. The van der Waals surface area contributed by atoms with Crippen LogP contribution in [-0.2, 0) is 0 Å². The highest BCUT2D eigenvalue weighted by Gasteiger charge is 2.41. The van der Waals surface area contributed by atoms with Crippen LogP contribution in [0.3, 0.4) is 0 Å². The van der Waals surface area contributed by atoms with Crippen LogP contribution >= 0.6 is 0 Å². The molecule has 2 aromatic rings. The van der Waals surface area contributed by atoms with Gasteiger partial charge in [0.05, 0.1) is 0 Å². The van der Waals surface area contributed by atoms with E-state index in [0.717, 1.165) is 6.42 Å². The van der Waals surface area contributed by atoms with E-state index in [1.54, 1.807) is 5.57 Å². The Morgan fingerprint density at radius 1 is 0.826 bits per heavy atom. The van der Waals surface area contributed by atoms with Gasteiger partial charge in [0.2, 0.25) is 0 Å². The fourth-order valence-electron chi connectivity index (χ4n) is 4.39. The van der Waals surface area contributed by atoms with Crippen molar-refractivity contribution in [2.24, 2.45) is 5.41 Å². The Kier molecular flexibility index (Phi) is 3.13. The molecule has 0 heterocycles. The zero-order chi connectivity index (χ0) is 16.2. The maximum absolute atomic E-state index is 2.43. The minimum atomic E-state index is 0.127. The summed E-state index contributed by atoms with van der Waals surface area (Å²) < 4.78 is 0. The fourth-order valence-corrected chi connectivity index (χ4v) is 4.39. The van der Waals surface area contributed by atoms with E-state index >= 15 is 0 Å². The number of benzene rings is 2. The van der Waals surface area contributed by atoms with Crippen molar-refractivity contribution in [3.63, 3.8) is 0 Å². The summed E-state index contributed by atoms with van der Waals surface area (Å²) in [5.41, 5.74) is 10.5. The molecule has 0 nitrogen and oxygen atoms in total. The van der Waals surface area contributed by atoms with Crippen molar-refractivity contribution in [1.82, 2.24) is 0 Å². The Morgan fingerprint density at radius 3 is 1.83 bits per heavy atom. The minimum absolute atomic E-state index is 0.127. The molecule has 0 heteroatoms. The zero-order valence-corrected chi connectivity index (χ0v) is 14.5. The van der Waals surface area contributed by atoms with E-state index in [2.05, 4.69) is 82.3 Å². The molecule has 0 atom stereocenters. The third kappa shape index (κ3) is 2.05. The molecular weight excluding hydrogens is 276 g/mol. The first-order chi connectivity index (χ1) is 11.0. The highest BCUT2D eigenvalue weighted by atomic mass is 14.4. The quantitative estimate of drug-likeness (QED) is 0.594. The topological polar surface area (TPSA) is 0 Å². The molecule has 0 aromatic heterocycles. The van der Waals surface area contributed by atoms with E-state index in [1.165, 1.54) is 33.4 Å². The van der Waals surface area contributed by atoms with Crippen molar-refractivity contribution < 1.29 is 0 Å². The van der Waals surface area contributed by atoms with Gasteiger partial charge in [-0.1, -0.05) is 85.2 Å². The Morgan fingerprint density at radius 2 is 1.35 bits per heavy atom. The van der Waals surface area contributed by atoms with Crippen LogP contribution in [0.1, 0.15) is 51.2 Å². The summed E-state index contributed by atoms with van der Waals surface area (Å²) in [7, 11) is 0.